The van der Waals surface area contributed by atoms with E-state index in [0.29, 0.717) is 5.56 Å². The van der Waals surface area contributed by atoms with Crippen LogP contribution in [0.2, 0.25) is 0 Å². The Labute approximate surface area is 81.0 Å². The third-order valence-electron chi connectivity index (χ3n) is 2.21. The first-order valence-corrected chi connectivity index (χ1v) is 4.34. The zero-order valence-electron chi connectivity index (χ0n) is 7.74. The van der Waals surface area contributed by atoms with Crippen LogP contribution in [0.25, 0.3) is 11.0 Å². The van der Waals surface area contributed by atoms with Gasteiger partial charge in [0.25, 0.3) is 0 Å². The van der Waals surface area contributed by atoms with Crippen molar-refractivity contribution < 1.29 is 14.3 Å². The lowest BCUT2D eigenvalue weighted by Gasteiger charge is -1.99. The second kappa shape index (κ2) is 3.18. The van der Waals surface area contributed by atoms with E-state index in [4.69, 9.17) is 4.42 Å². The first-order valence-electron chi connectivity index (χ1n) is 4.34. The summed E-state index contributed by atoms with van der Waals surface area (Å²) in [6.07, 6.45) is 1.38. The van der Waals surface area contributed by atoms with E-state index >= 15 is 0 Å². The lowest BCUT2D eigenvalue weighted by Crippen LogP contribution is -2.24. The molecule has 0 bridgehead atoms. The van der Waals surface area contributed by atoms with Crippen molar-refractivity contribution in [3.63, 3.8) is 0 Å². The van der Waals surface area contributed by atoms with E-state index in [0.717, 1.165) is 16.5 Å². The fraction of sp³-hybridized carbons (Fsp3) is 0.182. The molecule has 0 saturated carbocycles. The quantitative estimate of drug-likeness (QED) is 0.709. The van der Waals surface area contributed by atoms with Gasteiger partial charge < -0.3 is 14.3 Å². The third-order valence-corrected chi connectivity index (χ3v) is 2.21. The molecule has 0 aliphatic carbocycles. The number of carboxylic acids is 1. The molecule has 0 aliphatic heterocycles. The predicted octanol–water partition coefficient (Wildman–Crippen LogP) is 1.03. The molecule has 14 heavy (non-hydrogen) atoms. The van der Waals surface area contributed by atoms with Crippen LogP contribution >= 0.6 is 0 Å². The number of hydrogen-bond donors (Lipinski definition) is 0. The Morgan fingerprint density at radius 3 is 3.00 bits per heavy atom. The molecule has 0 saturated heterocycles. The van der Waals surface area contributed by atoms with E-state index in [1.165, 1.54) is 6.26 Å². The van der Waals surface area contributed by atoms with Gasteiger partial charge in [-0.25, -0.2) is 0 Å². The zero-order chi connectivity index (χ0) is 10.1. The molecule has 72 valence electrons. The van der Waals surface area contributed by atoms with Crippen LogP contribution in [0.5, 0.6) is 0 Å². The van der Waals surface area contributed by atoms with Gasteiger partial charge in [-0.1, -0.05) is 18.2 Å². The van der Waals surface area contributed by atoms with Gasteiger partial charge in [-0.2, -0.15) is 0 Å². The molecule has 0 unspecified atom stereocenters. The molecule has 1 aromatic carbocycles. The van der Waals surface area contributed by atoms with Gasteiger partial charge in [0.1, 0.15) is 5.58 Å². The minimum absolute atomic E-state index is 0.101. The molecular formula is C11H9O3-. The lowest BCUT2D eigenvalue weighted by atomic mass is 10.1. The number of aliphatic carboxylic acids is 1. The first-order chi connectivity index (χ1) is 6.68. The Morgan fingerprint density at radius 2 is 2.29 bits per heavy atom. The number of hydrogen-bond acceptors (Lipinski definition) is 3. The molecule has 3 nitrogen and oxygen atoms in total. The van der Waals surface area contributed by atoms with Crippen LogP contribution in [0.15, 0.2) is 28.9 Å². The summed E-state index contributed by atoms with van der Waals surface area (Å²) in [5.74, 6) is -1.09. The summed E-state index contributed by atoms with van der Waals surface area (Å²) < 4.78 is 5.29. The van der Waals surface area contributed by atoms with Gasteiger partial charge in [-0.15, -0.1) is 0 Å². The van der Waals surface area contributed by atoms with Crippen LogP contribution in [0, 0.1) is 6.92 Å². The average molecular weight is 189 g/mol. The van der Waals surface area contributed by atoms with Gasteiger partial charge in [0.15, 0.2) is 0 Å². The van der Waals surface area contributed by atoms with Crippen LogP contribution in [-0.4, -0.2) is 5.97 Å². The van der Waals surface area contributed by atoms with Crippen LogP contribution in [-0.2, 0) is 11.2 Å². The minimum Gasteiger partial charge on any atom is -0.550 e. The van der Waals surface area contributed by atoms with Crippen molar-refractivity contribution in [1.82, 2.24) is 0 Å². The molecule has 0 amide bonds. The number of rotatable bonds is 2. The van der Waals surface area contributed by atoms with Gasteiger partial charge in [-0.3, -0.25) is 0 Å². The van der Waals surface area contributed by atoms with Crippen molar-refractivity contribution >= 4 is 16.9 Å². The molecule has 0 spiro atoms. The third kappa shape index (κ3) is 1.37. The van der Waals surface area contributed by atoms with Crippen LogP contribution in [0.3, 0.4) is 0 Å². The smallest absolute Gasteiger partial charge is 0.137 e. The Kier molecular flexibility index (Phi) is 2.00. The fourth-order valence-corrected chi connectivity index (χ4v) is 1.55. The molecule has 0 atom stereocenters. The lowest BCUT2D eigenvalue weighted by molar-refractivity contribution is -0.304. The number of carboxylic acid groups (broad SMARTS) is 1. The summed E-state index contributed by atoms with van der Waals surface area (Å²) in [7, 11) is 0. The second-order valence-electron chi connectivity index (χ2n) is 3.26. The number of carbonyl (C=O) groups excluding carboxylic acids is 1. The van der Waals surface area contributed by atoms with E-state index < -0.39 is 5.97 Å². The highest BCUT2D eigenvalue weighted by atomic mass is 16.4. The van der Waals surface area contributed by atoms with E-state index in [1.54, 1.807) is 0 Å². The Morgan fingerprint density at radius 1 is 1.50 bits per heavy atom. The first kappa shape index (κ1) is 8.81. The molecule has 1 heterocycles. The molecule has 3 heteroatoms. The molecular weight excluding hydrogens is 180 g/mol. The van der Waals surface area contributed by atoms with Crippen LogP contribution < -0.4 is 5.11 Å². The molecule has 2 rings (SSSR count). The standard InChI is InChI=1S/C11H10O3/c1-7-3-2-4-9-8(5-10(12)13)6-14-11(7)9/h2-4,6H,5H2,1H3,(H,12,13)/p-1. The largest absolute Gasteiger partial charge is 0.550 e. The van der Waals surface area contributed by atoms with Gasteiger partial charge in [-0.05, 0) is 12.5 Å². The second-order valence-corrected chi connectivity index (χ2v) is 3.26. The maximum absolute atomic E-state index is 10.4. The van der Waals surface area contributed by atoms with E-state index in [9.17, 15) is 9.90 Å². The Hall–Kier alpha value is -1.77. The molecule has 0 radical (unpaired) electrons. The predicted molar refractivity (Wildman–Crippen MR) is 49.7 cm³/mol. The summed E-state index contributed by atoms with van der Waals surface area (Å²) in [5.41, 5.74) is 2.43. The highest BCUT2D eigenvalue weighted by Gasteiger charge is 2.06. The number of furan rings is 1. The number of benzene rings is 1. The number of aryl methyl sites for hydroxylation is 1. The highest BCUT2D eigenvalue weighted by Crippen LogP contribution is 2.24. The van der Waals surface area contributed by atoms with Crippen molar-refractivity contribution in [2.45, 2.75) is 13.3 Å². The van der Waals surface area contributed by atoms with Gasteiger partial charge in [0.05, 0.1) is 6.26 Å². The number of para-hydroxylation sites is 1. The molecule has 1 aromatic heterocycles. The monoisotopic (exact) mass is 189 g/mol. The van der Waals surface area contributed by atoms with Crippen molar-refractivity contribution in [3.8, 4) is 0 Å². The van der Waals surface area contributed by atoms with E-state index in [2.05, 4.69) is 0 Å². The Bertz CT molecular complexity index is 482. The summed E-state index contributed by atoms with van der Waals surface area (Å²) >= 11 is 0. The average Bonchev–Trinajstić information content (AvgIpc) is 2.49. The fourth-order valence-electron chi connectivity index (χ4n) is 1.55. The van der Waals surface area contributed by atoms with Crippen molar-refractivity contribution in [3.05, 3.63) is 35.6 Å². The minimum atomic E-state index is -1.09. The van der Waals surface area contributed by atoms with Crippen LogP contribution in [0.1, 0.15) is 11.1 Å². The zero-order valence-corrected chi connectivity index (χ0v) is 7.74. The number of carbonyl (C=O) groups is 1. The summed E-state index contributed by atoms with van der Waals surface area (Å²) in [6.45, 7) is 1.93. The SMILES string of the molecule is Cc1cccc2c(CC(=O)[O-])coc12. The van der Waals surface area contributed by atoms with E-state index in [1.807, 2.05) is 25.1 Å². The summed E-state index contributed by atoms with van der Waals surface area (Å²) in [6, 6.07) is 5.66. The van der Waals surface area contributed by atoms with Gasteiger partial charge in [0.2, 0.25) is 0 Å². The molecule has 0 aliphatic rings. The number of fused-ring (bicyclic) bond motifs is 1. The van der Waals surface area contributed by atoms with Crippen molar-refractivity contribution in [2.24, 2.45) is 0 Å². The van der Waals surface area contributed by atoms with Gasteiger partial charge >= 0.3 is 0 Å². The van der Waals surface area contributed by atoms with E-state index in [-0.39, 0.29) is 6.42 Å². The van der Waals surface area contributed by atoms with Crippen molar-refractivity contribution in [2.75, 3.05) is 0 Å². The Balaban J connectivity index is 2.58. The van der Waals surface area contributed by atoms with Crippen molar-refractivity contribution in [1.29, 1.82) is 0 Å². The maximum Gasteiger partial charge on any atom is 0.137 e. The van der Waals surface area contributed by atoms with Gasteiger partial charge in [0, 0.05) is 23.3 Å². The molecule has 0 N–H and O–H groups in total. The topological polar surface area (TPSA) is 53.3 Å². The molecule has 2 aromatic rings. The normalized spacial score (nSPS) is 10.6. The maximum atomic E-state index is 10.4. The molecule has 0 fully saturated rings. The summed E-state index contributed by atoms with van der Waals surface area (Å²) in [5, 5.41) is 11.3. The van der Waals surface area contributed by atoms with Crippen LogP contribution in [0.4, 0.5) is 0 Å². The summed E-state index contributed by atoms with van der Waals surface area (Å²) in [4.78, 5) is 10.4. The highest BCUT2D eigenvalue weighted by molar-refractivity contribution is 5.86.